The fourth-order valence-electron chi connectivity index (χ4n) is 2.17. The smallest absolute Gasteiger partial charge is 0.145 e. The first-order valence-corrected chi connectivity index (χ1v) is 6.05. The highest BCUT2D eigenvalue weighted by atomic mass is 15.2. The van der Waals surface area contributed by atoms with E-state index in [1.165, 1.54) is 0 Å². The van der Waals surface area contributed by atoms with Crippen molar-refractivity contribution in [3.05, 3.63) is 36.3 Å². The summed E-state index contributed by atoms with van der Waals surface area (Å²) in [5.74, 6) is 0.517. The van der Waals surface area contributed by atoms with Crippen molar-refractivity contribution in [2.75, 3.05) is 17.7 Å². The quantitative estimate of drug-likeness (QED) is 0.745. The van der Waals surface area contributed by atoms with Crippen molar-refractivity contribution in [2.24, 2.45) is 7.05 Å². The van der Waals surface area contributed by atoms with E-state index in [0.29, 0.717) is 5.82 Å². The number of hydrogen-bond donors (Lipinski definition) is 2. The van der Waals surface area contributed by atoms with Crippen LogP contribution in [0.4, 0.5) is 11.5 Å². The van der Waals surface area contributed by atoms with Gasteiger partial charge in [-0.2, -0.15) is 5.10 Å². The van der Waals surface area contributed by atoms with Crippen molar-refractivity contribution in [3.8, 4) is 0 Å². The number of aromatic nitrogens is 4. The lowest BCUT2D eigenvalue weighted by Crippen LogP contribution is -2.16. The van der Waals surface area contributed by atoms with Crippen LogP contribution in [0, 0.1) is 0 Å². The SMILES string of the molecule is CN(Cc1cc(N)n[nH]1)c1ccc2c(c1)ncn2C. The Kier molecular flexibility index (Phi) is 2.63. The Morgan fingerprint density at radius 2 is 2.21 bits per heavy atom. The van der Waals surface area contributed by atoms with Crippen molar-refractivity contribution in [2.45, 2.75) is 6.54 Å². The van der Waals surface area contributed by atoms with Gasteiger partial charge in [-0.05, 0) is 18.2 Å². The Morgan fingerprint density at radius 3 is 2.95 bits per heavy atom. The number of aromatic amines is 1. The van der Waals surface area contributed by atoms with Crippen molar-refractivity contribution >= 4 is 22.5 Å². The van der Waals surface area contributed by atoms with Gasteiger partial charge in [0.25, 0.3) is 0 Å². The van der Waals surface area contributed by atoms with Gasteiger partial charge >= 0.3 is 0 Å². The van der Waals surface area contributed by atoms with E-state index >= 15 is 0 Å². The second-order valence-corrected chi connectivity index (χ2v) is 4.70. The van der Waals surface area contributed by atoms with E-state index in [4.69, 9.17) is 5.73 Å². The molecule has 1 aromatic carbocycles. The summed E-state index contributed by atoms with van der Waals surface area (Å²) in [4.78, 5) is 6.49. The van der Waals surface area contributed by atoms with Gasteiger partial charge in [-0.1, -0.05) is 0 Å². The molecule has 0 fully saturated rings. The molecule has 3 aromatic rings. The van der Waals surface area contributed by atoms with Crippen LogP contribution >= 0.6 is 0 Å². The van der Waals surface area contributed by atoms with E-state index in [2.05, 4.69) is 38.3 Å². The molecule has 0 spiro atoms. The number of imidazole rings is 1. The molecule has 6 heteroatoms. The van der Waals surface area contributed by atoms with Gasteiger partial charge in [0.2, 0.25) is 0 Å². The predicted molar refractivity (Wildman–Crippen MR) is 75.8 cm³/mol. The third-order valence-electron chi connectivity index (χ3n) is 3.21. The standard InChI is InChI=1S/C13H16N6/c1-18(7-9-5-13(14)17-16-9)10-3-4-12-11(6-10)15-8-19(12)2/h3-6,8H,7H2,1-2H3,(H3,14,16,17). The molecule has 3 rings (SSSR count). The number of nitrogen functional groups attached to an aromatic ring is 1. The summed E-state index contributed by atoms with van der Waals surface area (Å²) in [6, 6.07) is 8.09. The topological polar surface area (TPSA) is 75.8 Å². The number of anilines is 2. The molecule has 0 amide bonds. The highest BCUT2D eigenvalue weighted by molar-refractivity contribution is 5.79. The van der Waals surface area contributed by atoms with Gasteiger partial charge in [0.1, 0.15) is 5.82 Å². The number of H-pyrrole nitrogens is 1. The van der Waals surface area contributed by atoms with Crippen LogP contribution in [-0.4, -0.2) is 26.8 Å². The van der Waals surface area contributed by atoms with Crippen LogP contribution in [0.2, 0.25) is 0 Å². The van der Waals surface area contributed by atoms with Crippen LogP contribution in [-0.2, 0) is 13.6 Å². The maximum atomic E-state index is 5.60. The van der Waals surface area contributed by atoms with E-state index < -0.39 is 0 Å². The minimum Gasteiger partial charge on any atom is -0.382 e. The molecule has 2 aromatic heterocycles. The lowest BCUT2D eigenvalue weighted by molar-refractivity contribution is 0.870. The first-order valence-electron chi connectivity index (χ1n) is 6.05. The van der Waals surface area contributed by atoms with Gasteiger partial charge in [-0.15, -0.1) is 0 Å². The Balaban J connectivity index is 1.86. The average Bonchev–Trinajstić information content (AvgIpc) is 2.96. The van der Waals surface area contributed by atoms with E-state index in [1.807, 2.05) is 31.1 Å². The number of hydrogen-bond acceptors (Lipinski definition) is 4. The maximum absolute atomic E-state index is 5.60. The van der Waals surface area contributed by atoms with Crippen LogP contribution in [0.25, 0.3) is 11.0 Å². The Labute approximate surface area is 110 Å². The molecule has 0 saturated carbocycles. The van der Waals surface area contributed by atoms with Crippen LogP contribution in [0.5, 0.6) is 0 Å². The molecule has 0 unspecified atom stereocenters. The number of nitrogens with two attached hydrogens (primary N) is 1. The average molecular weight is 256 g/mol. The lowest BCUT2D eigenvalue weighted by Gasteiger charge is -2.18. The zero-order chi connectivity index (χ0) is 13.4. The van der Waals surface area contributed by atoms with Crippen LogP contribution in [0.1, 0.15) is 5.69 Å². The molecule has 2 heterocycles. The summed E-state index contributed by atoms with van der Waals surface area (Å²) in [6.07, 6.45) is 1.82. The summed E-state index contributed by atoms with van der Waals surface area (Å²) in [5, 5.41) is 6.84. The predicted octanol–water partition coefficient (Wildman–Crippen LogP) is 1.51. The number of rotatable bonds is 3. The molecule has 6 nitrogen and oxygen atoms in total. The number of fused-ring (bicyclic) bond motifs is 1. The minimum absolute atomic E-state index is 0.517. The highest BCUT2D eigenvalue weighted by Gasteiger charge is 2.07. The van der Waals surface area contributed by atoms with Crippen molar-refractivity contribution < 1.29 is 0 Å². The highest BCUT2D eigenvalue weighted by Crippen LogP contribution is 2.21. The molecule has 0 atom stereocenters. The van der Waals surface area contributed by atoms with E-state index in [1.54, 1.807) is 0 Å². The molecule has 0 aliphatic rings. The molecule has 3 N–H and O–H groups in total. The summed E-state index contributed by atoms with van der Waals surface area (Å²) in [7, 11) is 4.02. The fourth-order valence-corrected chi connectivity index (χ4v) is 2.17. The molecule has 0 saturated heterocycles. The van der Waals surface area contributed by atoms with Gasteiger partial charge in [-0.3, -0.25) is 5.10 Å². The van der Waals surface area contributed by atoms with E-state index in [-0.39, 0.29) is 0 Å². The van der Waals surface area contributed by atoms with Gasteiger partial charge in [0.15, 0.2) is 0 Å². The van der Waals surface area contributed by atoms with Crippen LogP contribution in [0.3, 0.4) is 0 Å². The van der Waals surface area contributed by atoms with Crippen molar-refractivity contribution in [1.29, 1.82) is 0 Å². The van der Waals surface area contributed by atoms with Crippen LogP contribution < -0.4 is 10.6 Å². The fraction of sp³-hybridized carbons (Fsp3) is 0.231. The van der Waals surface area contributed by atoms with Gasteiger partial charge in [0.05, 0.1) is 29.6 Å². The summed E-state index contributed by atoms with van der Waals surface area (Å²) in [5.41, 5.74) is 9.82. The van der Waals surface area contributed by atoms with E-state index in [9.17, 15) is 0 Å². The summed E-state index contributed by atoms with van der Waals surface area (Å²) >= 11 is 0. The summed E-state index contributed by atoms with van der Waals surface area (Å²) < 4.78 is 2.01. The molecule has 0 aliphatic carbocycles. The molecule has 0 radical (unpaired) electrons. The van der Waals surface area contributed by atoms with Crippen molar-refractivity contribution in [1.82, 2.24) is 19.7 Å². The lowest BCUT2D eigenvalue weighted by atomic mass is 10.2. The number of nitrogens with one attached hydrogen (secondary N) is 1. The second kappa shape index (κ2) is 4.31. The normalized spacial score (nSPS) is 11.1. The third kappa shape index (κ3) is 2.12. The molecule has 19 heavy (non-hydrogen) atoms. The Bertz CT molecular complexity index is 711. The molecular formula is C13H16N6. The zero-order valence-corrected chi connectivity index (χ0v) is 11.0. The molecule has 0 bridgehead atoms. The maximum Gasteiger partial charge on any atom is 0.145 e. The van der Waals surface area contributed by atoms with Gasteiger partial charge < -0.3 is 15.2 Å². The number of aryl methyl sites for hydroxylation is 1. The Hall–Kier alpha value is -2.50. The second-order valence-electron chi connectivity index (χ2n) is 4.70. The summed E-state index contributed by atoms with van der Waals surface area (Å²) in [6.45, 7) is 0.725. The third-order valence-corrected chi connectivity index (χ3v) is 3.21. The molecular weight excluding hydrogens is 240 g/mol. The molecule has 98 valence electrons. The zero-order valence-electron chi connectivity index (χ0n) is 11.0. The monoisotopic (exact) mass is 256 g/mol. The van der Waals surface area contributed by atoms with Crippen molar-refractivity contribution in [3.63, 3.8) is 0 Å². The first kappa shape index (κ1) is 11.6. The van der Waals surface area contributed by atoms with Gasteiger partial charge in [0, 0.05) is 25.8 Å². The largest absolute Gasteiger partial charge is 0.382 e. The first-order chi connectivity index (χ1) is 9.13. The van der Waals surface area contributed by atoms with Crippen LogP contribution in [0.15, 0.2) is 30.6 Å². The van der Waals surface area contributed by atoms with E-state index in [0.717, 1.165) is 29.0 Å². The number of nitrogens with zero attached hydrogens (tertiary/aromatic N) is 4. The minimum atomic E-state index is 0.517. The Morgan fingerprint density at radius 1 is 1.37 bits per heavy atom. The van der Waals surface area contributed by atoms with Gasteiger partial charge in [-0.25, -0.2) is 4.98 Å². The molecule has 0 aliphatic heterocycles. The number of benzene rings is 1.